The minimum atomic E-state index is 0.654. The van der Waals surface area contributed by atoms with Crippen LogP contribution in [0.3, 0.4) is 0 Å². The van der Waals surface area contributed by atoms with Gasteiger partial charge in [-0.3, -0.25) is 4.40 Å². The number of fused-ring (bicyclic) bond motifs is 3. The molecule has 0 bridgehead atoms. The zero-order valence-electron chi connectivity index (χ0n) is 18.5. The Morgan fingerprint density at radius 3 is 2.84 bits per heavy atom. The van der Waals surface area contributed by atoms with Crippen LogP contribution < -0.4 is 10.6 Å². The molecule has 2 heterocycles. The molecule has 4 aromatic rings. The molecule has 2 N–H and O–H groups in total. The average Bonchev–Trinajstić information content (AvgIpc) is 3.51. The van der Waals surface area contributed by atoms with Crippen LogP contribution in [0.2, 0.25) is 5.02 Å². The van der Waals surface area contributed by atoms with Crippen molar-refractivity contribution in [2.75, 3.05) is 25.6 Å². The van der Waals surface area contributed by atoms with Gasteiger partial charge in [0, 0.05) is 43.4 Å². The second-order valence-corrected chi connectivity index (χ2v) is 8.90. The number of anilines is 1. The lowest BCUT2D eigenvalue weighted by Crippen LogP contribution is -2.15. The number of benzene rings is 2. The summed E-state index contributed by atoms with van der Waals surface area (Å²) in [6.07, 6.45) is 5.33. The van der Waals surface area contributed by atoms with Crippen molar-refractivity contribution in [3.8, 4) is 11.3 Å². The molecule has 0 aliphatic heterocycles. The van der Waals surface area contributed by atoms with Gasteiger partial charge in [-0.2, -0.15) is 0 Å². The SMILES string of the molecule is COCCCNc1nc2cc(C)ccc2n2c(-c3ccc(CNC4CC4)c(Cl)c3)cnc12. The van der Waals surface area contributed by atoms with Crippen molar-refractivity contribution in [1.29, 1.82) is 0 Å². The number of ether oxygens (including phenoxy) is 1. The average molecular weight is 450 g/mol. The third-order valence-corrected chi connectivity index (χ3v) is 6.25. The van der Waals surface area contributed by atoms with Gasteiger partial charge in [0.15, 0.2) is 11.5 Å². The number of hydrogen-bond acceptors (Lipinski definition) is 5. The van der Waals surface area contributed by atoms with E-state index in [1.807, 2.05) is 12.3 Å². The van der Waals surface area contributed by atoms with E-state index in [4.69, 9.17) is 26.3 Å². The van der Waals surface area contributed by atoms with Gasteiger partial charge in [0.1, 0.15) is 0 Å². The molecule has 1 fully saturated rings. The third-order valence-electron chi connectivity index (χ3n) is 5.90. The topological polar surface area (TPSA) is 63.5 Å². The fraction of sp³-hybridized carbons (Fsp3) is 0.360. The highest BCUT2D eigenvalue weighted by molar-refractivity contribution is 6.31. The molecule has 0 amide bonds. The summed E-state index contributed by atoms with van der Waals surface area (Å²) < 4.78 is 7.35. The molecule has 2 aromatic carbocycles. The molecule has 2 aromatic heterocycles. The molecular formula is C25H28ClN5O. The van der Waals surface area contributed by atoms with Gasteiger partial charge in [-0.15, -0.1) is 0 Å². The third kappa shape index (κ3) is 4.31. The molecule has 1 saturated carbocycles. The lowest BCUT2D eigenvalue weighted by molar-refractivity contribution is 0.198. The Kier molecular flexibility index (Phi) is 6.00. The Hall–Kier alpha value is -2.67. The summed E-state index contributed by atoms with van der Waals surface area (Å²) in [6.45, 7) is 4.36. The van der Waals surface area contributed by atoms with Crippen molar-refractivity contribution >= 4 is 34.1 Å². The van der Waals surface area contributed by atoms with E-state index in [-0.39, 0.29) is 0 Å². The van der Waals surface area contributed by atoms with Crippen molar-refractivity contribution < 1.29 is 4.74 Å². The smallest absolute Gasteiger partial charge is 0.181 e. The van der Waals surface area contributed by atoms with Gasteiger partial charge in [0.25, 0.3) is 0 Å². The quantitative estimate of drug-likeness (QED) is 0.343. The maximum Gasteiger partial charge on any atom is 0.181 e. The Bertz CT molecular complexity index is 1260. The van der Waals surface area contributed by atoms with Gasteiger partial charge in [0.2, 0.25) is 0 Å². The minimum absolute atomic E-state index is 0.654. The van der Waals surface area contributed by atoms with Gasteiger partial charge in [0.05, 0.1) is 22.9 Å². The van der Waals surface area contributed by atoms with Crippen LogP contribution in [0.5, 0.6) is 0 Å². The van der Waals surface area contributed by atoms with Crippen LogP contribution in [-0.2, 0) is 11.3 Å². The van der Waals surface area contributed by atoms with E-state index in [9.17, 15) is 0 Å². The van der Waals surface area contributed by atoms with E-state index < -0.39 is 0 Å². The van der Waals surface area contributed by atoms with E-state index in [1.54, 1.807) is 7.11 Å². The minimum Gasteiger partial charge on any atom is -0.385 e. The first-order valence-corrected chi connectivity index (χ1v) is 11.5. The lowest BCUT2D eigenvalue weighted by atomic mass is 10.1. The molecule has 0 unspecified atom stereocenters. The second-order valence-electron chi connectivity index (χ2n) is 8.49. The standard InChI is InChI=1S/C25H28ClN5O/c1-16-4-9-22-21(12-16)30-24(27-10-3-11-32-2)25-29-15-23(31(22)25)17-5-6-18(20(26)13-17)14-28-19-7-8-19/h4-6,9,12-13,15,19,28H,3,7-8,10-11,14H2,1-2H3,(H,27,30). The van der Waals surface area contributed by atoms with Crippen LogP contribution in [0.25, 0.3) is 27.9 Å². The monoisotopic (exact) mass is 449 g/mol. The van der Waals surface area contributed by atoms with Crippen LogP contribution in [0.1, 0.15) is 30.4 Å². The maximum atomic E-state index is 6.66. The molecule has 5 rings (SSSR count). The number of hydrogen-bond donors (Lipinski definition) is 2. The Balaban J connectivity index is 1.56. The second kappa shape index (κ2) is 9.06. The first kappa shape index (κ1) is 21.2. The Morgan fingerprint density at radius 2 is 2.06 bits per heavy atom. The van der Waals surface area contributed by atoms with Crippen molar-refractivity contribution in [1.82, 2.24) is 19.7 Å². The molecule has 7 heteroatoms. The Morgan fingerprint density at radius 1 is 1.19 bits per heavy atom. The zero-order chi connectivity index (χ0) is 22.1. The molecule has 6 nitrogen and oxygen atoms in total. The van der Waals surface area contributed by atoms with Crippen molar-refractivity contribution in [3.05, 3.63) is 58.7 Å². The zero-order valence-corrected chi connectivity index (χ0v) is 19.2. The summed E-state index contributed by atoms with van der Waals surface area (Å²) in [5.74, 6) is 0.779. The first-order chi connectivity index (χ1) is 15.6. The van der Waals surface area contributed by atoms with E-state index in [0.29, 0.717) is 12.6 Å². The van der Waals surface area contributed by atoms with Gasteiger partial charge in [-0.1, -0.05) is 29.8 Å². The van der Waals surface area contributed by atoms with E-state index >= 15 is 0 Å². The number of aryl methyl sites for hydroxylation is 1. The van der Waals surface area contributed by atoms with Crippen LogP contribution in [0.15, 0.2) is 42.6 Å². The van der Waals surface area contributed by atoms with Crippen LogP contribution in [0, 0.1) is 6.92 Å². The van der Waals surface area contributed by atoms with Gasteiger partial charge >= 0.3 is 0 Å². The number of aromatic nitrogens is 3. The molecular weight excluding hydrogens is 422 g/mol. The largest absolute Gasteiger partial charge is 0.385 e. The summed E-state index contributed by atoms with van der Waals surface area (Å²) in [4.78, 5) is 9.62. The lowest BCUT2D eigenvalue weighted by Gasteiger charge is -2.13. The molecule has 0 spiro atoms. The maximum absolute atomic E-state index is 6.66. The van der Waals surface area contributed by atoms with Crippen LogP contribution in [0.4, 0.5) is 5.82 Å². The predicted octanol–water partition coefficient (Wildman–Crippen LogP) is 5.21. The van der Waals surface area contributed by atoms with Crippen LogP contribution >= 0.6 is 11.6 Å². The van der Waals surface area contributed by atoms with Gasteiger partial charge in [-0.25, -0.2) is 9.97 Å². The van der Waals surface area contributed by atoms with Crippen molar-refractivity contribution in [2.24, 2.45) is 0 Å². The van der Waals surface area contributed by atoms with E-state index in [1.165, 1.54) is 18.4 Å². The van der Waals surface area contributed by atoms with E-state index in [0.717, 1.165) is 63.9 Å². The van der Waals surface area contributed by atoms with Gasteiger partial charge < -0.3 is 15.4 Å². The predicted molar refractivity (Wildman–Crippen MR) is 131 cm³/mol. The number of methoxy groups -OCH3 is 1. The highest BCUT2D eigenvalue weighted by Crippen LogP contribution is 2.31. The molecule has 1 aliphatic carbocycles. The first-order valence-electron chi connectivity index (χ1n) is 11.2. The fourth-order valence-electron chi connectivity index (χ4n) is 3.98. The molecule has 166 valence electrons. The summed E-state index contributed by atoms with van der Waals surface area (Å²) in [5, 5.41) is 7.76. The molecule has 0 radical (unpaired) electrons. The van der Waals surface area contributed by atoms with Crippen molar-refractivity contribution in [3.63, 3.8) is 0 Å². The summed E-state index contributed by atoms with van der Waals surface area (Å²) in [7, 11) is 1.72. The summed E-state index contributed by atoms with van der Waals surface area (Å²) in [5.41, 5.74) is 7.10. The fourth-order valence-corrected chi connectivity index (χ4v) is 4.23. The number of halogens is 1. The van der Waals surface area contributed by atoms with Crippen molar-refractivity contribution in [2.45, 2.75) is 38.8 Å². The number of rotatable bonds is 9. The number of nitrogens with one attached hydrogen (secondary N) is 2. The highest BCUT2D eigenvalue weighted by atomic mass is 35.5. The van der Waals surface area contributed by atoms with Gasteiger partial charge in [-0.05, 0) is 55.5 Å². The molecule has 0 atom stereocenters. The number of imidazole rings is 1. The highest BCUT2D eigenvalue weighted by Gasteiger charge is 2.21. The summed E-state index contributed by atoms with van der Waals surface area (Å²) >= 11 is 6.66. The normalized spacial score (nSPS) is 13.8. The molecule has 32 heavy (non-hydrogen) atoms. The number of nitrogens with zero attached hydrogens (tertiary/aromatic N) is 3. The molecule has 1 aliphatic rings. The summed E-state index contributed by atoms with van der Waals surface area (Å²) in [6, 6.07) is 13.3. The van der Waals surface area contributed by atoms with Crippen LogP contribution in [-0.4, -0.2) is 40.7 Å². The molecule has 0 saturated heterocycles. The Labute approximate surface area is 193 Å². The van der Waals surface area contributed by atoms with E-state index in [2.05, 4.69) is 52.3 Å².